The molecule has 0 radical (unpaired) electrons. The van der Waals surface area contributed by atoms with E-state index < -0.39 is 96.0 Å². The van der Waals surface area contributed by atoms with Crippen molar-refractivity contribution in [3.05, 3.63) is 35.9 Å². The highest BCUT2D eigenvalue weighted by Gasteiger charge is 2.47. The Balaban J connectivity index is 1.55. The molecule has 306 valence electrons. The Morgan fingerprint density at radius 3 is 1.70 bits per heavy atom. The van der Waals surface area contributed by atoms with Gasteiger partial charge in [0.25, 0.3) is 0 Å². The van der Waals surface area contributed by atoms with Gasteiger partial charge in [0.05, 0.1) is 13.5 Å². The maximum atomic E-state index is 14.3. The Hall–Kier alpha value is -5.02. The van der Waals surface area contributed by atoms with Crippen LogP contribution in [-0.2, 0) is 49.5 Å². The normalized spacial score (nSPS) is 28.6. The quantitative estimate of drug-likeness (QED) is 0.283. The van der Waals surface area contributed by atoms with E-state index in [1.165, 1.54) is 14.7 Å². The molecule has 0 aromatic heterocycles. The molecule has 1 aromatic carbocycles. The third-order valence-corrected chi connectivity index (χ3v) is 11.2. The molecule has 4 aliphatic heterocycles. The monoisotopic (exact) mass is 779 g/mol. The van der Waals surface area contributed by atoms with Crippen molar-refractivity contribution in [2.24, 2.45) is 11.8 Å². The van der Waals surface area contributed by atoms with Gasteiger partial charge in [0.1, 0.15) is 42.3 Å². The molecule has 16 heteroatoms. The van der Waals surface area contributed by atoms with Gasteiger partial charge >= 0.3 is 5.97 Å². The van der Waals surface area contributed by atoms with Crippen LogP contribution >= 0.6 is 0 Å². The number of amides is 7. The van der Waals surface area contributed by atoms with Crippen molar-refractivity contribution >= 4 is 47.3 Å². The molecule has 7 atom stereocenters. The van der Waals surface area contributed by atoms with Crippen molar-refractivity contribution in [1.82, 2.24) is 36.0 Å². The zero-order valence-corrected chi connectivity index (χ0v) is 33.1. The number of fused-ring (bicyclic) bond motifs is 3. The Kier molecular flexibility index (Phi) is 14.1. The van der Waals surface area contributed by atoms with Gasteiger partial charge in [0.15, 0.2) is 0 Å². The lowest BCUT2D eigenvalue weighted by atomic mass is 9.98. The number of hydrogen-bond acceptors (Lipinski definition) is 9. The third kappa shape index (κ3) is 9.85. The van der Waals surface area contributed by atoms with Gasteiger partial charge in [0, 0.05) is 26.1 Å². The molecule has 1 aromatic rings. The summed E-state index contributed by atoms with van der Waals surface area (Å²) in [6.07, 6.45) is 2.43. The first-order valence-corrected chi connectivity index (χ1v) is 19.9. The lowest BCUT2D eigenvalue weighted by molar-refractivity contribution is -0.151. The smallest absolute Gasteiger partial charge is 0.308 e. The van der Waals surface area contributed by atoms with Crippen LogP contribution in [0.4, 0.5) is 0 Å². The van der Waals surface area contributed by atoms with Gasteiger partial charge < -0.3 is 40.7 Å². The van der Waals surface area contributed by atoms with E-state index in [0.717, 1.165) is 7.11 Å². The van der Waals surface area contributed by atoms with E-state index in [9.17, 15) is 38.4 Å². The molecule has 0 bridgehead atoms. The Morgan fingerprint density at radius 1 is 0.643 bits per heavy atom. The van der Waals surface area contributed by atoms with Gasteiger partial charge in [-0.25, -0.2) is 0 Å². The molecule has 4 N–H and O–H groups in total. The second-order valence-electron chi connectivity index (χ2n) is 16.1. The topological polar surface area (TPSA) is 204 Å². The van der Waals surface area contributed by atoms with E-state index in [4.69, 9.17) is 4.74 Å². The summed E-state index contributed by atoms with van der Waals surface area (Å²) < 4.78 is 4.84. The van der Waals surface area contributed by atoms with Gasteiger partial charge in [0.2, 0.25) is 41.4 Å². The highest BCUT2D eigenvalue weighted by atomic mass is 16.5. The van der Waals surface area contributed by atoms with Crippen LogP contribution in [0.1, 0.15) is 84.6 Å². The first-order valence-electron chi connectivity index (χ1n) is 19.9. The highest BCUT2D eigenvalue weighted by Crippen LogP contribution is 2.29. The van der Waals surface area contributed by atoms with E-state index >= 15 is 0 Å². The minimum absolute atomic E-state index is 0.00533. The van der Waals surface area contributed by atoms with Crippen molar-refractivity contribution in [2.75, 3.05) is 26.7 Å². The van der Waals surface area contributed by atoms with Crippen molar-refractivity contribution in [2.45, 2.75) is 128 Å². The number of carbonyl (C=O) groups is 8. The van der Waals surface area contributed by atoms with E-state index in [0.29, 0.717) is 57.2 Å². The van der Waals surface area contributed by atoms with Gasteiger partial charge in [-0.05, 0) is 62.3 Å². The maximum Gasteiger partial charge on any atom is 0.308 e. The zero-order valence-electron chi connectivity index (χ0n) is 33.1. The molecule has 16 nitrogen and oxygen atoms in total. The summed E-state index contributed by atoms with van der Waals surface area (Å²) in [4.78, 5) is 116. The van der Waals surface area contributed by atoms with Crippen LogP contribution in [0.5, 0.6) is 0 Å². The molecular weight excluding hydrogens is 722 g/mol. The summed E-state index contributed by atoms with van der Waals surface area (Å²) in [7, 11) is 1.15. The van der Waals surface area contributed by atoms with E-state index in [1.807, 2.05) is 13.8 Å². The SMILES string of the molecule is COC(=O)CC1NC(=O)C2CCCN2C(=O)C2CCCN2C(=O)C2CCCN2C(=O)C(CC(C)C)NC(=O)C(C(C)C)NC(=O)C(Cc2ccccc2)NC1=O. The minimum atomic E-state index is -1.47. The van der Waals surface area contributed by atoms with Gasteiger partial charge in [-0.3, -0.25) is 38.4 Å². The number of carbonyl (C=O) groups excluding carboxylic acids is 8. The molecular formula is C40H57N7O9. The molecule has 0 aliphatic carbocycles. The molecule has 0 saturated carbocycles. The lowest BCUT2D eigenvalue weighted by Gasteiger charge is -2.35. The predicted octanol–water partition coefficient (Wildman–Crippen LogP) is 0.420. The molecule has 7 unspecified atom stereocenters. The number of nitrogens with zero attached hydrogens (tertiary/aromatic N) is 3. The number of hydrogen-bond donors (Lipinski definition) is 4. The third-order valence-electron chi connectivity index (χ3n) is 11.2. The van der Waals surface area contributed by atoms with Crippen LogP contribution in [-0.4, -0.2) is 131 Å². The maximum absolute atomic E-state index is 14.3. The molecule has 4 heterocycles. The second kappa shape index (κ2) is 18.7. The summed E-state index contributed by atoms with van der Waals surface area (Å²) in [5, 5.41) is 11.0. The van der Waals surface area contributed by atoms with Gasteiger partial charge in [-0.2, -0.15) is 0 Å². The fourth-order valence-corrected chi connectivity index (χ4v) is 8.26. The first-order chi connectivity index (χ1) is 26.7. The number of esters is 1. The van der Waals surface area contributed by atoms with E-state index in [2.05, 4.69) is 21.3 Å². The number of ether oxygens (including phenoxy) is 1. The average molecular weight is 780 g/mol. The molecule has 56 heavy (non-hydrogen) atoms. The number of methoxy groups -OCH3 is 1. The van der Waals surface area contributed by atoms with Crippen molar-refractivity contribution in [3.8, 4) is 0 Å². The Morgan fingerprint density at radius 2 is 1.14 bits per heavy atom. The lowest BCUT2D eigenvalue weighted by Crippen LogP contribution is -2.61. The first kappa shape index (κ1) is 42.1. The highest BCUT2D eigenvalue weighted by molar-refractivity contribution is 5.99. The Bertz CT molecular complexity index is 1650. The summed E-state index contributed by atoms with van der Waals surface area (Å²) in [5.41, 5.74) is 0.691. The molecule has 4 saturated heterocycles. The molecule has 4 fully saturated rings. The number of rotatable bonds is 7. The molecule has 0 spiro atoms. The Labute approximate surface area is 328 Å². The molecule has 7 amide bonds. The second-order valence-corrected chi connectivity index (χ2v) is 16.1. The van der Waals surface area contributed by atoms with Crippen molar-refractivity contribution in [1.29, 1.82) is 0 Å². The number of nitrogens with one attached hydrogen (secondary N) is 4. The van der Waals surface area contributed by atoms with Crippen LogP contribution in [0, 0.1) is 11.8 Å². The van der Waals surface area contributed by atoms with Crippen LogP contribution in [0.2, 0.25) is 0 Å². The van der Waals surface area contributed by atoms with Crippen molar-refractivity contribution < 1.29 is 43.1 Å². The van der Waals surface area contributed by atoms with Crippen LogP contribution in [0.15, 0.2) is 30.3 Å². The van der Waals surface area contributed by atoms with Crippen molar-refractivity contribution in [3.63, 3.8) is 0 Å². The van der Waals surface area contributed by atoms with Gasteiger partial charge in [-0.15, -0.1) is 0 Å². The summed E-state index contributed by atoms with van der Waals surface area (Å²) in [5.74, 6) is -5.22. The fraction of sp³-hybridized carbons (Fsp3) is 0.650. The predicted molar refractivity (Wildman–Crippen MR) is 203 cm³/mol. The summed E-state index contributed by atoms with van der Waals surface area (Å²) in [6, 6.07) is 1.40. The van der Waals surface area contributed by atoms with Crippen LogP contribution < -0.4 is 21.3 Å². The van der Waals surface area contributed by atoms with E-state index in [1.54, 1.807) is 44.2 Å². The summed E-state index contributed by atoms with van der Waals surface area (Å²) in [6.45, 7) is 8.20. The largest absolute Gasteiger partial charge is 0.469 e. The molecule has 5 rings (SSSR count). The van der Waals surface area contributed by atoms with Crippen LogP contribution in [0.25, 0.3) is 0 Å². The van der Waals surface area contributed by atoms with E-state index in [-0.39, 0.29) is 31.2 Å². The molecule has 4 aliphatic rings. The zero-order chi connectivity index (χ0) is 40.7. The fourth-order valence-electron chi connectivity index (χ4n) is 8.26. The number of benzene rings is 1. The minimum Gasteiger partial charge on any atom is -0.469 e. The van der Waals surface area contributed by atoms with Gasteiger partial charge in [-0.1, -0.05) is 58.0 Å². The van der Waals surface area contributed by atoms with Crippen LogP contribution in [0.3, 0.4) is 0 Å². The average Bonchev–Trinajstić information content (AvgIpc) is 3.96. The standard InChI is InChI=1S/C40H57N7O9/c1-23(2)20-28-38(53)46-18-10-15-30(46)40(55)47-19-11-16-31(47)39(54)45-17-9-14-29(45)36(51)42-27(22-32(48)56-5)34(49)41-26(21-25-12-7-6-8-13-25)35(50)44-33(24(3)4)37(52)43-28/h6-8,12-13,23-24,26-31,33H,9-11,14-22H2,1-5H3,(H,41,49)(H,42,51)(H,43,52)(H,44,50). The summed E-state index contributed by atoms with van der Waals surface area (Å²) >= 11 is 0.